The van der Waals surface area contributed by atoms with Crippen LogP contribution in [-0.4, -0.2) is 52.3 Å². The van der Waals surface area contributed by atoms with Crippen LogP contribution in [0.5, 0.6) is 0 Å². The number of hydrogen-bond acceptors (Lipinski definition) is 3. The maximum absolute atomic E-state index is 12.2. The molecule has 0 aromatic carbocycles. The highest BCUT2D eigenvalue weighted by Gasteiger charge is 2.28. The predicted octanol–water partition coefficient (Wildman–Crippen LogP) is 1.82. The number of nitrogens with one attached hydrogen (secondary N) is 1. The van der Waals surface area contributed by atoms with Gasteiger partial charge in [0.2, 0.25) is 0 Å². The molecule has 1 aliphatic rings. The van der Waals surface area contributed by atoms with Gasteiger partial charge >= 0.3 is 12.0 Å². The Morgan fingerprint density at radius 3 is 2.43 bits per heavy atom. The SMILES string of the molecule is CC(CCCC(C)C(=O)O)NC(=O)N(CCO)C1CCC1. The lowest BCUT2D eigenvalue weighted by Gasteiger charge is -2.37. The molecule has 1 saturated carbocycles. The zero-order chi connectivity index (χ0) is 15.8. The average Bonchev–Trinajstić information content (AvgIpc) is 2.35. The standard InChI is InChI=1S/C15H28N2O4/c1-11(14(19)20)5-3-6-12(2)16-15(21)17(9-10-18)13-7-4-8-13/h11-13,18H,3-10H2,1-2H3,(H,16,21)(H,19,20). The number of urea groups is 1. The van der Waals surface area contributed by atoms with E-state index in [1.807, 2.05) is 6.92 Å². The topological polar surface area (TPSA) is 89.9 Å². The molecule has 6 heteroatoms. The Bertz CT molecular complexity index is 345. The zero-order valence-electron chi connectivity index (χ0n) is 13.0. The van der Waals surface area contributed by atoms with E-state index in [4.69, 9.17) is 10.2 Å². The van der Waals surface area contributed by atoms with Gasteiger partial charge in [-0.2, -0.15) is 0 Å². The van der Waals surface area contributed by atoms with Gasteiger partial charge in [-0.05, 0) is 39.0 Å². The number of aliphatic hydroxyl groups is 1. The summed E-state index contributed by atoms with van der Waals surface area (Å²) in [5.41, 5.74) is 0. The van der Waals surface area contributed by atoms with Gasteiger partial charge in [-0.3, -0.25) is 4.79 Å². The van der Waals surface area contributed by atoms with Gasteiger partial charge in [-0.25, -0.2) is 4.79 Å². The molecular weight excluding hydrogens is 272 g/mol. The van der Waals surface area contributed by atoms with Gasteiger partial charge in [-0.1, -0.05) is 13.3 Å². The average molecular weight is 300 g/mol. The van der Waals surface area contributed by atoms with Crippen LogP contribution < -0.4 is 5.32 Å². The lowest BCUT2D eigenvalue weighted by atomic mass is 9.91. The Balaban J connectivity index is 2.29. The number of hydrogen-bond donors (Lipinski definition) is 3. The molecule has 0 radical (unpaired) electrons. The van der Waals surface area contributed by atoms with Crippen molar-refractivity contribution in [3.63, 3.8) is 0 Å². The van der Waals surface area contributed by atoms with E-state index < -0.39 is 5.97 Å². The minimum absolute atomic E-state index is 0.0137. The van der Waals surface area contributed by atoms with Gasteiger partial charge < -0.3 is 20.4 Å². The molecule has 0 aliphatic heterocycles. The van der Waals surface area contributed by atoms with E-state index >= 15 is 0 Å². The van der Waals surface area contributed by atoms with Crippen molar-refractivity contribution in [1.82, 2.24) is 10.2 Å². The van der Waals surface area contributed by atoms with Crippen molar-refractivity contribution in [2.24, 2.45) is 5.92 Å². The molecule has 2 amide bonds. The summed E-state index contributed by atoms with van der Waals surface area (Å²) in [6, 6.07) is 0.156. The van der Waals surface area contributed by atoms with Gasteiger partial charge in [0.05, 0.1) is 12.5 Å². The number of carbonyl (C=O) groups excluding carboxylic acids is 1. The Kier molecular flexibility index (Phi) is 7.50. The second kappa shape index (κ2) is 8.87. The van der Waals surface area contributed by atoms with E-state index in [0.29, 0.717) is 13.0 Å². The summed E-state index contributed by atoms with van der Waals surface area (Å²) in [4.78, 5) is 24.6. The van der Waals surface area contributed by atoms with E-state index in [1.165, 1.54) is 0 Å². The molecule has 1 fully saturated rings. The quantitative estimate of drug-likeness (QED) is 0.606. The summed E-state index contributed by atoms with van der Waals surface area (Å²) in [6.07, 6.45) is 5.33. The van der Waals surface area contributed by atoms with Crippen LogP contribution in [0.4, 0.5) is 4.79 Å². The van der Waals surface area contributed by atoms with Crippen LogP contribution in [0, 0.1) is 5.92 Å². The smallest absolute Gasteiger partial charge is 0.317 e. The van der Waals surface area contributed by atoms with Crippen LogP contribution in [-0.2, 0) is 4.79 Å². The van der Waals surface area contributed by atoms with Gasteiger partial charge in [0.15, 0.2) is 0 Å². The first-order chi connectivity index (χ1) is 9.95. The Morgan fingerprint density at radius 1 is 1.29 bits per heavy atom. The number of carboxylic acid groups (broad SMARTS) is 1. The number of rotatable bonds is 9. The summed E-state index contributed by atoms with van der Waals surface area (Å²) in [7, 11) is 0. The highest BCUT2D eigenvalue weighted by molar-refractivity contribution is 5.75. The first-order valence-corrected chi connectivity index (χ1v) is 7.86. The first-order valence-electron chi connectivity index (χ1n) is 7.86. The fraction of sp³-hybridized carbons (Fsp3) is 0.867. The van der Waals surface area contributed by atoms with Gasteiger partial charge in [-0.15, -0.1) is 0 Å². The fourth-order valence-corrected chi connectivity index (χ4v) is 2.48. The fourth-order valence-electron chi connectivity index (χ4n) is 2.48. The second-order valence-electron chi connectivity index (χ2n) is 6.02. The summed E-state index contributed by atoms with van der Waals surface area (Å²) in [5.74, 6) is -1.11. The molecule has 0 aromatic rings. The molecule has 2 unspecified atom stereocenters. The molecule has 0 heterocycles. The third-order valence-electron chi connectivity index (χ3n) is 4.18. The van der Waals surface area contributed by atoms with Crippen LogP contribution >= 0.6 is 0 Å². The second-order valence-corrected chi connectivity index (χ2v) is 6.02. The van der Waals surface area contributed by atoms with Crippen molar-refractivity contribution >= 4 is 12.0 Å². The number of amides is 2. The van der Waals surface area contributed by atoms with E-state index in [-0.39, 0.29) is 30.6 Å². The van der Waals surface area contributed by atoms with Crippen molar-refractivity contribution in [2.75, 3.05) is 13.2 Å². The molecule has 0 aromatic heterocycles. The van der Waals surface area contributed by atoms with E-state index in [0.717, 1.165) is 32.1 Å². The molecule has 6 nitrogen and oxygen atoms in total. The van der Waals surface area contributed by atoms with E-state index in [1.54, 1.807) is 11.8 Å². The molecule has 122 valence electrons. The predicted molar refractivity (Wildman–Crippen MR) is 80.1 cm³/mol. The minimum Gasteiger partial charge on any atom is -0.481 e. The lowest BCUT2D eigenvalue weighted by Crippen LogP contribution is -2.51. The van der Waals surface area contributed by atoms with Crippen molar-refractivity contribution in [2.45, 2.75) is 64.5 Å². The summed E-state index contributed by atoms with van der Waals surface area (Å²) in [5, 5.41) is 20.8. The van der Waals surface area contributed by atoms with E-state index in [9.17, 15) is 9.59 Å². The van der Waals surface area contributed by atoms with Crippen LogP contribution in [0.2, 0.25) is 0 Å². The number of nitrogens with zero attached hydrogens (tertiary/aromatic N) is 1. The monoisotopic (exact) mass is 300 g/mol. The molecule has 2 atom stereocenters. The molecule has 1 rings (SSSR count). The van der Waals surface area contributed by atoms with Crippen molar-refractivity contribution < 1.29 is 19.8 Å². The normalized spacial score (nSPS) is 17.7. The van der Waals surface area contributed by atoms with Gasteiger partial charge in [0, 0.05) is 18.6 Å². The van der Waals surface area contributed by atoms with Gasteiger partial charge in [0.25, 0.3) is 0 Å². The molecule has 0 saturated heterocycles. The Morgan fingerprint density at radius 2 is 1.95 bits per heavy atom. The van der Waals surface area contributed by atoms with Crippen LogP contribution in [0.15, 0.2) is 0 Å². The molecule has 1 aliphatic carbocycles. The Labute approximate surface area is 126 Å². The third kappa shape index (κ3) is 5.91. The molecule has 3 N–H and O–H groups in total. The molecular formula is C15H28N2O4. The summed E-state index contributed by atoms with van der Waals surface area (Å²) >= 11 is 0. The highest BCUT2D eigenvalue weighted by Crippen LogP contribution is 2.24. The van der Waals surface area contributed by atoms with Gasteiger partial charge in [0.1, 0.15) is 0 Å². The maximum atomic E-state index is 12.2. The number of aliphatic hydroxyl groups excluding tert-OH is 1. The van der Waals surface area contributed by atoms with E-state index in [2.05, 4.69) is 5.32 Å². The molecule has 21 heavy (non-hydrogen) atoms. The zero-order valence-corrected chi connectivity index (χ0v) is 13.0. The third-order valence-corrected chi connectivity index (χ3v) is 4.18. The number of carboxylic acids is 1. The lowest BCUT2D eigenvalue weighted by molar-refractivity contribution is -0.141. The maximum Gasteiger partial charge on any atom is 0.317 e. The largest absolute Gasteiger partial charge is 0.481 e. The minimum atomic E-state index is -0.772. The van der Waals surface area contributed by atoms with Crippen molar-refractivity contribution in [3.05, 3.63) is 0 Å². The van der Waals surface area contributed by atoms with Crippen molar-refractivity contribution in [3.8, 4) is 0 Å². The molecule has 0 spiro atoms. The van der Waals surface area contributed by atoms with Crippen LogP contribution in [0.1, 0.15) is 52.4 Å². The number of aliphatic carboxylic acids is 1. The summed E-state index contributed by atoms with van der Waals surface area (Å²) < 4.78 is 0. The Hall–Kier alpha value is -1.30. The highest BCUT2D eigenvalue weighted by atomic mass is 16.4. The van der Waals surface area contributed by atoms with Crippen LogP contribution in [0.3, 0.4) is 0 Å². The van der Waals surface area contributed by atoms with Crippen LogP contribution in [0.25, 0.3) is 0 Å². The summed E-state index contributed by atoms with van der Waals surface area (Å²) in [6.45, 7) is 3.99. The first kappa shape index (κ1) is 17.8. The number of carbonyl (C=O) groups is 2. The van der Waals surface area contributed by atoms with Crippen molar-refractivity contribution in [1.29, 1.82) is 0 Å². The molecule has 0 bridgehead atoms.